The van der Waals surface area contributed by atoms with Gasteiger partial charge in [-0.15, -0.1) is 11.3 Å². The molecule has 7 heteroatoms. The van der Waals surface area contributed by atoms with Gasteiger partial charge in [-0.3, -0.25) is 5.41 Å². The van der Waals surface area contributed by atoms with E-state index in [1.54, 1.807) is 72.1 Å². The van der Waals surface area contributed by atoms with Crippen molar-refractivity contribution < 1.29 is 13.6 Å². The predicted octanol–water partition coefficient (Wildman–Crippen LogP) is 5.54. The van der Waals surface area contributed by atoms with Crippen LogP contribution in [0.1, 0.15) is 16.5 Å². The van der Waals surface area contributed by atoms with Crippen molar-refractivity contribution in [1.82, 2.24) is 4.90 Å². The van der Waals surface area contributed by atoms with E-state index < -0.39 is 23.8 Å². The first-order chi connectivity index (χ1) is 13.5. The Kier molecular flexibility index (Phi) is 4.68. The number of hydrogen-bond donors (Lipinski definition) is 1. The minimum atomic E-state index is -3.54. The summed E-state index contributed by atoms with van der Waals surface area (Å²) in [6.45, 7) is 0.0223. The quantitative estimate of drug-likeness (QED) is 0.617. The van der Waals surface area contributed by atoms with Gasteiger partial charge in [0.2, 0.25) is 0 Å². The van der Waals surface area contributed by atoms with Crippen molar-refractivity contribution in [3.8, 4) is 0 Å². The molecule has 2 amide bonds. The van der Waals surface area contributed by atoms with Crippen LogP contribution in [0.2, 0.25) is 0 Å². The average molecular weight is 397 g/mol. The van der Waals surface area contributed by atoms with E-state index in [9.17, 15) is 4.79 Å². The summed E-state index contributed by atoms with van der Waals surface area (Å²) in [5.74, 6) is -4.55. The Bertz CT molecular complexity index is 977. The van der Waals surface area contributed by atoms with Crippen molar-refractivity contribution >= 4 is 28.9 Å². The molecule has 1 atom stereocenters. The molecule has 1 unspecified atom stereocenters. The first-order valence-electron chi connectivity index (χ1n) is 8.70. The van der Waals surface area contributed by atoms with Gasteiger partial charge in [-0.05, 0) is 29.1 Å². The molecular formula is C21H17F2N3OS. The van der Waals surface area contributed by atoms with Gasteiger partial charge >= 0.3 is 12.0 Å². The monoisotopic (exact) mass is 397 g/mol. The maximum absolute atomic E-state index is 15.4. The Balaban J connectivity index is 1.82. The van der Waals surface area contributed by atoms with Gasteiger partial charge in [0, 0.05) is 11.4 Å². The number of amidine groups is 1. The number of carbonyl (C=O) groups is 1. The number of halogens is 2. The number of urea groups is 1. The standard InChI is InChI=1S/C21H17F2N3OS/c22-21(23)18(17-12-7-13-28-17)25(14-15-8-3-1-4-9-15)20(27)26(19(21)24)16-10-5-2-6-11-16/h1-13,18,24H,14H2. The third-order valence-corrected chi connectivity index (χ3v) is 5.58. The van der Waals surface area contributed by atoms with Gasteiger partial charge in [0.25, 0.3) is 0 Å². The number of para-hydroxylation sites is 1. The number of rotatable bonds is 4. The molecule has 4 rings (SSSR count). The summed E-state index contributed by atoms with van der Waals surface area (Å²) in [5, 5.41) is 9.85. The van der Waals surface area contributed by atoms with Crippen molar-refractivity contribution in [2.24, 2.45) is 0 Å². The number of amides is 2. The first kappa shape index (κ1) is 18.3. The van der Waals surface area contributed by atoms with Crippen molar-refractivity contribution in [1.29, 1.82) is 5.41 Å². The van der Waals surface area contributed by atoms with Gasteiger partial charge in [0.1, 0.15) is 6.04 Å². The summed E-state index contributed by atoms with van der Waals surface area (Å²) in [6.07, 6.45) is 0. The second-order valence-electron chi connectivity index (χ2n) is 6.46. The van der Waals surface area contributed by atoms with E-state index in [1.165, 1.54) is 0 Å². The molecule has 1 fully saturated rings. The lowest BCUT2D eigenvalue weighted by Crippen LogP contribution is -2.63. The molecule has 142 valence electrons. The van der Waals surface area contributed by atoms with Crippen molar-refractivity contribution in [2.75, 3.05) is 4.90 Å². The number of carbonyl (C=O) groups excluding carboxylic acids is 1. The molecule has 2 aromatic carbocycles. The van der Waals surface area contributed by atoms with Crippen LogP contribution in [-0.2, 0) is 6.54 Å². The number of nitrogens with zero attached hydrogens (tertiary/aromatic N) is 2. The van der Waals surface area contributed by atoms with E-state index >= 15 is 8.78 Å². The number of nitrogens with one attached hydrogen (secondary N) is 1. The van der Waals surface area contributed by atoms with E-state index in [4.69, 9.17) is 5.41 Å². The van der Waals surface area contributed by atoms with Crippen LogP contribution in [0, 0.1) is 5.41 Å². The summed E-state index contributed by atoms with van der Waals surface area (Å²) >= 11 is 1.16. The average Bonchev–Trinajstić information content (AvgIpc) is 3.22. The van der Waals surface area contributed by atoms with Gasteiger partial charge in [0.15, 0.2) is 5.84 Å². The molecule has 1 saturated heterocycles. The minimum Gasteiger partial charge on any atom is -0.305 e. The maximum Gasteiger partial charge on any atom is 0.331 e. The van der Waals surface area contributed by atoms with Gasteiger partial charge < -0.3 is 4.90 Å². The summed E-state index contributed by atoms with van der Waals surface area (Å²) in [7, 11) is 0. The molecule has 2 heterocycles. The number of benzene rings is 2. The van der Waals surface area contributed by atoms with Crippen LogP contribution in [0.5, 0.6) is 0 Å². The molecule has 1 aliphatic rings. The lowest BCUT2D eigenvalue weighted by atomic mass is 10.00. The fourth-order valence-electron chi connectivity index (χ4n) is 3.34. The molecule has 3 aromatic rings. The highest BCUT2D eigenvalue weighted by atomic mass is 32.1. The molecule has 0 radical (unpaired) electrons. The zero-order valence-electron chi connectivity index (χ0n) is 14.8. The van der Waals surface area contributed by atoms with E-state index in [2.05, 4.69) is 0 Å². The number of thiophene rings is 1. The number of hydrogen-bond acceptors (Lipinski definition) is 3. The molecule has 0 aliphatic carbocycles. The van der Waals surface area contributed by atoms with Crippen LogP contribution >= 0.6 is 11.3 Å². The predicted molar refractivity (Wildman–Crippen MR) is 106 cm³/mol. The third-order valence-electron chi connectivity index (χ3n) is 4.65. The topological polar surface area (TPSA) is 47.4 Å². The second-order valence-corrected chi connectivity index (χ2v) is 7.44. The molecule has 28 heavy (non-hydrogen) atoms. The summed E-state index contributed by atoms with van der Waals surface area (Å²) in [4.78, 5) is 15.6. The van der Waals surface area contributed by atoms with Crippen molar-refractivity contribution in [3.63, 3.8) is 0 Å². The fraction of sp³-hybridized carbons (Fsp3) is 0.143. The highest BCUT2D eigenvalue weighted by molar-refractivity contribution is 7.10. The van der Waals surface area contributed by atoms with Crippen LogP contribution in [-0.4, -0.2) is 22.7 Å². The SMILES string of the molecule is N=C1N(c2ccccc2)C(=O)N(Cc2ccccc2)C(c2cccs2)C1(F)F. The lowest BCUT2D eigenvalue weighted by Gasteiger charge is -2.45. The first-order valence-corrected chi connectivity index (χ1v) is 9.58. The Morgan fingerprint density at radius 1 is 0.964 bits per heavy atom. The molecular weight excluding hydrogens is 380 g/mol. The number of anilines is 1. The zero-order valence-corrected chi connectivity index (χ0v) is 15.6. The summed E-state index contributed by atoms with van der Waals surface area (Å²) in [6, 6.07) is 18.3. The third kappa shape index (κ3) is 3.07. The van der Waals surface area contributed by atoms with E-state index in [0.717, 1.165) is 26.7 Å². The molecule has 0 bridgehead atoms. The van der Waals surface area contributed by atoms with Gasteiger partial charge in [-0.1, -0.05) is 54.6 Å². The normalized spacial score (nSPS) is 19.1. The summed E-state index contributed by atoms with van der Waals surface area (Å²) < 4.78 is 30.9. The van der Waals surface area contributed by atoms with Crippen molar-refractivity contribution in [2.45, 2.75) is 18.5 Å². The Hall–Kier alpha value is -3.06. The van der Waals surface area contributed by atoms with E-state index in [0.29, 0.717) is 4.88 Å². The number of alkyl halides is 2. The van der Waals surface area contributed by atoms with Gasteiger partial charge in [0.05, 0.1) is 5.69 Å². The Labute approximate surface area is 165 Å². The zero-order chi connectivity index (χ0) is 19.7. The highest BCUT2D eigenvalue weighted by Crippen LogP contribution is 2.45. The van der Waals surface area contributed by atoms with Gasteiger partial charge in [-0.25, -0.2) is 9.69 Å². The Morgan fingerprint density at radius 3 is 2.21 bits per heavy atom. The van der Waals surface area contributed by atoms with E-state index in [-0.39, 0.29) is 12.2 Å². The molecule has 0 saturated carbocycles. The highest BCUT2D eigenvalue weighted by Gasteiger charge is 2.58. The van der Waals surface area contributed by atoms with Crippen LogP contribution < -0.4 is 4.90 Å². The maximum atomic E-state index is 15.4. The van der Waals surface area contributed by atoms with Gasteiger partial charge in [-0.2, -0.15) is 8.78 Å². The largest absolute Gasteiger partial charge is 0.331 e. The van der Waals surface area contributed by atoms with E-state index in [1.807, 2.05) is 6.07 Å². The molecule has 1 aliphatic heterocycles. The molecule has 1 N–H and O–H groups in total. The lowest BCUT2D eigenvalue weighted by molar-refractivity contribution is -0.0215. The molecule has 4 nitrogen and oxygen atoms in total. The van der Waals surface area contributed by atoms with Crippen LogP contribution in [0.3, 0.4) is 0 Å². The molecule has 1 aromatic heterocycles. The minimum absolute atomic E-state index is 0.0223. The fourth-order valence-corrected chi connectivity index (χ4v) is 4.22. The van der Waals surface area contributed by atoms with Crippen LogP contribution in [0.4, 0.5) is 19.3 Å². The molecule has 0 spiro atoms. The Morgan fingerprint density at radius 2 is 1.61 bits per heavy atom. The van der Waals surface area contributed by atoms with Crippen LogP contribution in [0.15, 0.2) is 78.2 Å². The van der Waals surface area contributed by atoms with Crippen LogP contribution in [0.25, 0.3) is 0 Å². The summed E-state index contributed by atoms with van der Waals surface area (Å²) in [5.41, 5.74) is 0.995. The smallest absolute Gasteiger partial charge is 0.305 e. The second kappa shape index (κ2) is 7.16. The van der Waals surface area contributed by atoms with Crippen molar-refractivity contribution in [3.05, 3.63) is 88.6 Å².